The third kappa shape index (κ3) is 3.03. The Morgan fingerprint density at radius 3 is 2.69 bits per heavy atom. The first-order valence-corrected chi connectivity index (χ1v) is 4.70. The molecule has 1 nitrogen and oxygen atoms in total. The number of benzene rings is 1. The smallest absolute Gasteiger partial charge is 0.0627 e. The third-order valence-electron chi connectivity index (χ3n) is 1.64. The molecule has 0 aromatic heterocycles. The van der Waals surface area contributed by atoms with E-state index < -0.39 is 0 Å². The number of hydrogen-bond donors (Lipinski definition) is 1. The molecule has 0 aliphatic heterocycles. The summed E-state index contributed by atoms with van der Waals surface area (Å²) in [7, 11) is 0. The van der Waals surface area contributed by atoms with Gasteiger partial charge in [-0.25, -0.2) is 0 Å². The van der Waals surface area contributed by atoms with Crippen molar-refractivity contribution in [3.05, 3.63) is 46.0 Å². The highest BCUT2D eigenvalue weighted by Crippen LogP contribution is 2.25. The zero-order valence-corrected chi connectivity index (χ0v) is 8.52. The monoisotopic (exact) mass is 216 g/mol. The van der Waals surface area contributed by atoms with Crippen LogP contribution in [0.1, 0.15) is 5.56 Å². The lowest BCUT2D eigenvalue weighted by Crippen LogP contribution is -1.84. The van der Waals surface area contributed by atoms with Crippen LogP contribution in [0, 0.1) is 0 Å². The van der Waals surface area contributed by atoms with Crippen molar-refractivity contribution in [2.24, 2.45) is 0 Å². The summed E-state index contributed by atoms with van der Waals surface area (Å²) in [5, 5.41) is 9.68. The Labute approximate surface area is 87.6 Å². The largest absolute Gasteiger partial charge is 0.392 e. The predicted molar refractivity (Wildman–Crippen MR) is 56.4 cm³/mol. The first-order valence-electron chi connectivity index (χ1n) is 3.94. The number of hydrogen-bond acceptors (Lipinski definition) is 1. The van der Waals surface area contributed by atoms with Gasteiger partial charge in [0.1, 0.15) is 0 Å². The molecular formula is C10H10Cl2O. The molecule has 0 spiro atoms. The Hall–Kier alpha value is -0.500. The fraction of sp³-hybridized carbons (Fsp3) is 0.200. The van der Waals surface area contributed by atoms with Crippen molar-refractivity contribution < 1.29 is 5.11 Å². The van der Waals surface area contributed by atoms with Crippen LogP contribution in [0.2, 0.25) is 10.0 Å². The van der Waals surface area contributed by atoms with Crippen LogP contribution < -0.4 is 0 Å². The molecule has 0 radical (unpaired) electrons. The second-order valence-corrected chi connectivity index (χ2v) is 3.36. The molecule has 0 heterocycles. The van der Waals surface area contributed by atoms with Gasteiger partial charge >= 0.3 is 0 Å². The van der Waals surface area contributed by atoms with Crippen molar-refractivity contribution in [2.75, 3.05) is 6.61 Å². The zero-order valence-electron chi connectivity index (χ0n) is 7.00. The SMILES string of the molecule is OC/C=C/Cc1cccc(Cl)c1Cl. The molecule has 0 atom stereocenters. The molecule has 1 aromatic carbocycles. The predicted octanol–water partition coefficient (Wildman–Crippen LogP) is 3.08. The molecular weight excluding hydrogens is 207 g/mol. The maximum absolute atomic E-state index is 8.52. The highest BCUT2D eigenvalue weighted by Gasteiger charge is 2.01. The molecule has 0 bridgehead atoms. The van der Waals surface area contributed by atoms with Crippen LogP contribution in [0.3, 0.4) is 0 Å². The van der Waals surface area contributed by atoms with Gasteiger partial charge in [-0.15, -0.1) is 0 Å². The molecule has 3 heteroatoms. The summed E-state index contributed by atoms with van der Waals surface area (Å²) >= 11 is 11.8. The average molecular weight is 217 g/mol. The summed E-state index contributed by atoms with van der Waals surface area (Å²) in [5.74, 6) is 0. The van der Waals surface area contributed by atoms with Crippen LogP contribution in [0.15, 0.2) is 30.4 Å². The van der Waals surface area contributed by atoms with Crippen molar-refractivity contribution >= 4 is 23.2 Å². The zero-order chi connectivity index (χ0) is 9.68. The highest BCUT2D eigenvalue weighted by molar-refractivity contribution is 6.42. The number of aliphatic hydroxyl groups is 1. The Kier molecular flexibility index (Phi) is 4.29. The summed E-state index contributed by atoms with van der Waals surface area (Å²) < 4.78 is 0. The van der Waals surface area contributed by atoms with Crippen LogP contribution in [0.25, 0.3) is 0 Å². The lowest BCUT2D eigenvalue weighted by atomic mass is 10.1. The Bertz CT molecular complexity index is 308. The van der Waals surface area contributed by atoms with Crippen LogP contribution in [-0.4, -0.2) is 11.7 Å². The number of aliphatic hydroxyl groups excluding tert-OH is 1. The van der Waals surface area contributed by atoms with E-state index in [1.165, 1.54) is 0 Å². The molecule has 1 rings (SSSR count). The molecule has 0 aliphatic carbocycles. The minimum atomic E-state index is 0.0538. The molecule has 13 heavy (non-hydrogen) atoms. The van der Waals surface area contributed by atoms with E-state index >= 15 is 0 Å². The van der Waals surface area contributed by atoms with Gasteiger partial charge in [-0.05, 0) is 18.1 Å². The van der Waals surface area contributed by atoms with Gasteiger partial charge < -0.3 is 5.11 Å². The molecule has 0 amide bonds. The van der Waals surface area contributed by atoms with E-state index in [1.807, 2.05) is 18.2 Å². The van der Waals surface area contributed by atoms with E-state index in [4.69, 9.17) is 28.3 Å². The van der Waals surface area contributed by atoms with Crippen molar-refractivity contribution in [1.29, 1.82) is 0 Å². The normalized spacial score (nSPS) is 11.0. The van der Waals surface area contributed by atoms with Gasteiger partial charge in [0.25, 0.3) is 0 Å². The van der Waals surface area contributed by atoms with Crippen LogP contribution in [0.4, 0.5) is 0 Å². The minimum Gasteiger partial charge on any atom is -0.392 e. The lowest BCUT2D eigenvalue weighted by Gasteiger charge is -2.01. The summed E-state index contributed by atoms with van der Waals surface area (Å²) in [6, 6.07) is 5.52. The molecule has 0 fully saturated rings. The molecule has 0 aliphatic rings. The van der Waals surface area contributed by atoms with Gasteiger partial charge in [-0.3, -0.25) is 0 Å². The summed E-state index contributed by atoms with van der Waals surface area (Å²) in [6.45, 7) is 0.0538. The first-order chi connectivity index (χ1) is 6.25. The van der Waals surface area contributed by atoms with Gasteiger partial charge in [0.05, 0.1) is 16.7 Å². The standard InChI is InChI=1S/C10H10Cl2O/c11-9-6-3-5-8(10(9)12)4-1-2-7-13/h1-3,5-6,13H,4,7H2/b2-1+. The second kappa shape index (κ2) is 5.28. The van der Waals surface area contributed by atoms with Crippen molar-refractivity contribution in [1.82, 2.24) is 0 Å². The van der Waals surface area contributed by atoms with Gasteiger partial charge in [-0.2, -0.15) is 0 Å². The number of allylic oxidation sites excluding steroid dienone is 1. The first kappa shape index (κ1) is 10.6. The van der Waals surface area contributed by atoms with E-state index in [0.29, 0.717) is 16.5 Å². The minimum absolute atomic E-state index is 0.0538. The van der Waals surface area contributed by atoms with Gasteiger partial charge in [0.15, 0.2) is 0 Å². The van der Waals surface area contributed by atoms with E-state index in [-0.39, 0.29) is 6.61 Å². The van der Waals surface area contributed by atoms with Crippen LogP contribution in [-0.2, 0) is 6.42 Å². The Morgan fingerprint density at radius 2 is 2.00 bits per heavy atom. The molecule has 1 aromatic rings. The van der Waals surface area contributed by atoms with Crippen LogP contribution in [0.5, 0.6) is 0 Å². The van der Waals surface area contributed by atoms with Crippen LogP contribution >= 0.6 is 23.2 Å². The van der Waals surface area contributed by atoms with E-state index in [2.05, 4.69) is 0 Å². The third-order valence-corrected chi connectivity index (χ3v) is 2.50. The maximum atomic E-state index is 8.52. The summed E-state index contributed by atoms with van der Waals surface area (Å²) in [4.78, 5) is 0. The molecule has 0 unspecified atom stereocenters. The topological polar surface area (TPSA) is 20.2 Å². The van der Waals surface area contributed by atoms with Gasteiger partial charge in [0.2, 0.25) is 0 Å². The summed E-state index contributed by atoms with van der Waals surface area (Å²) in [5.41, 5.74) is 0.971. The number of rotatable bonds is 3. The average Bonchev–Trinajstić information content (AvgIpc) is 2.13. The second-order valence-electron chi connectivity index (χ2n) is 2.57. The van der Waals surface area contributed by atoms with Crippen molar-refractivity contribution in [3.8, 4) is 0 Å². The molecule has 0 saturated carbocycles. The molecule has 70 valence electrons. The summed E-state index contributed by atoms with van der Waals surface area (Å²) in [6.07, 6.45) is 4.23. The Balaban J connectivity index is 2.77. The number of halogens is 2. The maximum Gasteiger partial charge on any atom is 0.0627 e. The van der Waals surface area contributed by atoms with Crippen molar-refractivity contribution in [3.63, 3.8) is 0 Å². The fourth-order valence-corrected chi connectivity index (χ4v) is 1.39. The highest BCUT2D eigenvalue weighted by atomic mass is 35.5. The lowest BCUT2D eigenvalue weighted by molar-refractivity contribution is 0.342. The van der Waals surface area contributed by atoms with Crippen molar-refractivity contribution in [2.45, 2.75) is 6.42 Å². The van der Waals surface area contributed by atoms with E-state index in [1.54, 1.807) is 12.1 Å². The quantitative estimate of drug-likeness (QED) is 0.771. The molecule has 1 N–H and O–H groups in total. The Morgan fingerprint density at radius 1 is 1.23 bits per heavy atom. The van der Waals surface area contributed by atoms with E-state index in [0.717, 1.165) is 5.56 Å². The van der Waals surface area contributed by atoms with Gasteiger partial charge in [-0.1, -0.05) is 47.5 Å². The molecule has 0 saturated heterocycles. The van der Waals surface area contributed by atoms with Gasteiger partial charge in [0, 0.05) is 0 Å². The fourth-order valence-electron chi connectivity index (χ4n) is 0.991. The van der Waals surface area contributed by atoms with E-state index in [9.17, 15) is 0 Å².